The molecular formula is C22H56N4O28P8. The monoisotopic (exact) mass is 1070 g/mol. The van der Waals surface area contributed by atoms with E-state index in [1.807, 2.05) is 0 Å². The third kappa shape index (κ3) is 29.2. The first kappa shape index (κ1) is 61.2. The average Bonchev–Trinajstić information content (AvgIpc) is 3.07. The molecule has 1 saturated heterocycles. The summed E-state index contributed by atoms with van der Waals surface area (Å²) in [6.45, 7) is -0.708. The lowest BCUT2D eigenvalue weighted by Crippen LogP contribution is -2.46. The highest BCUT2D eigenvalue weighted by Gasteiger charge is 2.38. The standard InChI is InChI=1S/C22H56N4O28P8/c27-19(47-55(31)32,48-56(33)34)3-11-23-7-1-8-24(12-4-20(28,49-57(35)36)50-58(37)38)16-18-26(14-6-22(30,53-61(43)44)54-62(45)46)10-2-9-25(17-15-23)13-5-21(29,51-59(39)40)52-60(41)42/h27-32,39-40,56-58,60-62H,1-18H2,(H,33,34)(H,35,36)(H,37,38)(H,41,42)(H,43,44)(H,45,46). The Morgan fingerprint density at radius 2 is 0.565 bits per heavy atom. The summed E-state index contributed by atoms with van der Waals surface area (Å²) in [5.41, 5.74) is 0. The summed E-state index contributed by atoms with van der Waals surface area (Å²) >= 11 is 0. The lowest BCUT2D eigenvalue weighted by Gasteiger charge is -2.35. The van der Waals surface area contributed by atoms with Gasteiger partial charge in [0.2, 0.25) is 0 Å². The van der Waals surface area contributed by atoms with E-state index in [9.17, 15) is 96.8 Å². The number of nitrogens with zero attached hydrogens (tertiary/aromatic N) is 4. The Labute approximate surface area is 359 Å². The Bertz CT molecular complexity index is 1330. The Balaban J connectivity index is 3.59. The Morgan fingerprint density at radius 3 is 0.758 bits per heavy atom. The van der Waals surface area contributed by atoms with E-state index in [1.54, 1.807) is 19.6 Å². The van der Waals surface area contributed by atoms with Gasteiger partial charge in [-0.05, 0) is 39.0 Å². The zero-order chi connectivity index (χ0) is 47.3. The van der Waals surface area contributed by atoms with Gasteiger partial charge in [0.05, 0.1) is 0 Å². The molecule has 1 heterocycles. The molecule has 0 aromatic carbocycles. The molecule has 32 nitrogen and oxygen atoms in total. The maximum Gasteiger partial charge on any atom is 0.331 e. The first-order valence-electron chi connectivity index (χ1n) is 17.7. The SMILES string of the molecule is O=[PH](O)OC(O)(CCN1CCCN(CCC(O)(O[PH](=O)O)O[PH](=O)O)CCN(CCC(O)(O[PH](=O)O)O[PH](=O)O)CCCN(CCC(O)(OP(O)O)O[PH](=O)O)CC1)OP(O)O. The second-order valence-electron chi connectivity index (χ2n) is 12.8. The van der Waals surface area contributed by atoms with Crippen molar-refractivity contribution in [2.75, 3.05) is 78.5 Å². The van der Waals surface area contributed by atoms with E-state index in [-0.39, 0.29) is 91.4 Å². The molecule has 1 aliphatic rings. The molecule has 14 N–H and O–H groups in total. The van der Waals surface area contributed by atoms with Crippen LogP contribution in [0.4, 0.5) is 0 Å². The van der Waals surface area contributed by atoms with E-state index in [1.165, 1.54) is 0 Å². The van der Waals surface area contributed by atoms with Gasteiger partial charge in [-0.1, -0.05) is 0 Å². The molecule has 0 aliphatic carbocycles. The van der Waals surface area contributed by atoms with Crippen molar-refractivity contribution in [2.24, 2.45) is 0 Å². The normalized spacial score (nSPS) is 23.6. The minimum atomic E-state index is -3.94. The first-order chi connectivity index (χ1) is 28.6. The highest BCUT2D eigenvalue weighted by Crippen LogP contribution is 2.40. The summed E-state index contributed by atoms with van der Waals surface area (Å²) in [5, 5.41) is 42.6. The van der Waals surface area contributed by atoms with Crippen LogP contribution in [-0.4, -0.2) is 191 Å². The smallest absolute Gasteiger partial charge is 0.331 e. The molecule has 0 amide bonds. The summed E-state index contributed by atoms with van der Waals surface area (Å²) in [6.07, 6.45) is -2.38. The van der Waals surface area contributed by atoms with Crippen molar-refractivity contribution < 1.29 is 133 Å². The van der Waals surface area contributed by atoms with Crippen LogP contribution in [-0.2, 0) is 63.6 Å². The highest BCUT2D eigenvalue weighted by atomic mass is 31.2. The van der Waals surface area contributed by atoms with Crippen LogP contribution in [0.25, 0.3) is 0 Å². The fraction of sp³-hybridized carbons (Fsp3) is 1.00. The van der Waals surface area contributed by atoms with Gasteiger partial charge in [-0.2, -0.15) is 0 Å². The van der Waals surface area contributed by atoms with Crippen LogP contribution in [0.3, 0.4) is 0 Å². The van der Waals surface area contributed by atoms with Crippen LogP contribution in [0.1, 0.15) is 38.5 Å². The summed E-state index contributed by atoms with van der Waals surface area (Å²) in [5.74, 6) is -12.0. The fourth-order valence-electron chi connectivity index (χ4n) is 5.69. The van der Waals surface area contributed by atoms with Crippen molar-refractivity contribution in [3.8, 4) is 0 Å². The highest BCUT2D eigenvalue weighted by molar-refractivity contribution is 7.39. The summed E-state index contributed by atoms with van der Waals surface area (Å²) < 4.78 is 105. The van der Waals surface area contributed by atoms with Gasteiger partial charge in [0.15, 0.2) is 0 Å². The van der Waals surface area contributed by atoms with Crippen LogP contribution in [0.5, 0.6) is 0 Å². The third-order valence-electron chi connectivity index (χ3n) is 8.27. The molecule has 0 bridgehead atoms. The van der Waals surface area contributed by atoms with Crippen LogP contribution in [0.15, 0.2) is 0 Å². The van der Waals surface area contributed by atoms with Crippen molar-refractivity contribution in [3.63, 3.8) is 0 Å². The number of hydrogen-bond donors (Lipinski definition) is 14. The van der Waals surface area contributed by atoms with Gasteiger partial charge in [-0.15, -0.1) is 0 Å². The number of rotatable bonds is 28. The topological polar surface area (TPSA) is 472 Å². The van der Waals surface area contributed by atoms with Gasteiger partial charge in [0.1, 0.15) is 0 Å². The molecule has 40 heteroatoms. The lowest BCUT2D eigenvalue weighted by molar-refractivity contribution is -0.282. The van der Waals surface area contributed by atoms with Gasteiger partial charge < -0.3 is 89.0 Å². The third-order valence-corrected chi connectivity index (χ3v) is 12.1. The largest absolute Gasteiger partial charge is 0.343 e. The molecule has 0 radical (unpaired) electrons. The van der Waals surface area contributed by atoms with Crippen molar-refractivity contribution >= 4 is 66.7 Å². The maximum atomic E-state index is 11.4. The quantitative estimate of drug-likeness (QED) is 0.0274. The second kappa shape index (κ2) is 30.6. The molecule has 0 aromatic rings. The van der Waals surface area contributed by atoms with Crippen LogP contribution >= 0.6 is 66.7 Å². The molecule has 0 saturated carbocycles. The summed E-state index contributed by atoms with van der Waals surface area (Å²) in [4.78, 5) is 99.5. The van der Waals surface area contributed by atoms with E-state index >= 15 is 0 Å². The molecule has 8 atom stereocenters. The molecule has 62 heavy (non-hydrogen) atoms. The van der Waals surface area contributed by atoms with Gasteiger partial charge in [-0.3, -0.25) is 63.6 Å². The Morgan fingerprint density at radius 1 is 0.371 bits per heavy atom. The summed E-state index contributed by atoms with van der Waals surface area (Å²) in [6, 6.07) is 0. The first-order valence-corrected chi connectivity index (χ1v) is 27.6. The zero-order valence-corrected chi connectivity index (χ0v) is 40.2. The van der Waals surface area contributed by atoms with Crippen molar-refractivity contribution in [3.05, 3.63) is 0 Å². The molecule has 8 unspecified atom stereocenters. The second-order valence-corrected chi connectivity index (χ2v) is 18.6. The molecular weight excluding hydrogens is 1020 g/mol. The minimum absolute atomic E-state index is 0.00585. The number of hydrogen-bond acceptors (Lipinski definition) is 26. The Hall–Kier alpha value is 1.20. The van der Waals surface area contributed by atoms with E-state index in [4.69, 9.17) is 0 Å². The molecule has 1 rings (SSSR count). The predicted octanol–water partition coefficient (Wildman–Crippen LogP) is -3.02. The average molecular weight is 1070 g/mol. The maximum absolute atomic E-state index is 11.4. The molecule has 0 aromatic heterocycles. The van der Waals surface area contributed by atoms with E-state index in [2.05, 4.69) is 36.2 Å². The minimum Gasteiger partial charge on any atom is -0.343 e. The van der Waals surface area contributed by atoms with E-state index in [0.29, 0.717) is 0 Å². The fourth-order valence-corrected chi connectivity index (χ4v) is 9.26. The number of aliphatic hydroxyl groups is 4. The van der Waals surface area contributed by atoms with Gasteiger partial charge in [0.25, 0.3) is 23.9 Å². The molecule has 372 valence electrons. The van der Waals surface area contributed by atoms with Gasteiger partial charge in [0, 0.05) is 78.0 Å². The van der Waals surface area contributed by atoms with E-state index in [0.717, 1.165) is 0 Å². The lowest BCUT2D eigenvalue weighted by atomic mass is 10.2. The van der Waals surface area contributed by atoms with Gasteiger partial charge >= 0.3 is 66.7 Å². The molecule has 0 spiro atoms. The Kier molecular flexibility index (Phi) is 30.3. The van der Waals surface area contributed by atoms with Crippen molar-refractivity contribution in [1.29, 1.82) is 0 Å². The van der Waals surface area contributed by atoms with Crippen LogP contribution in [0.2, 0.25) is 0 Å². The molecule has 1 fully saturated rings. The van der Waals surface area contributed by atoms with Crippen molar-refractivity contribution in [2.45, 2.75) is 62.4 Å². The zero-order valence-electron chi connectivity index (χ0n) is 32.4. The predicted molar refractivity (Wildman–Crippen MR) is 212 cm³/mol. The van der Waals surface area contributed by atoms with E-state index < -0.39 is 116 Å². The molecule has 1 aliphatic heterocycles. The van der Waals surface area contributed by atoms with Crippen molar-refractivity contribution in [1.82, 2.24) is 19.6 Å². The van der Waals surface area contributed by atoms with Gasteiger partial charge in [-0.25, -0.2) is 0 Å². The summed E-state index contributed by atoms with van der Waals surface area (Å²) in [7, 11) is -30.2. The van der Waals surface area contributed by atoms with Crippen LogP contribution < -0.4 is 0 Å². The van der Waals surface area contributed by atoms with Crippen LogP contribution in [0, 0.1) is 0 Å².